The molecule has 5 N–H and O–H groups in total. The number of nitrogens with zero attached hydrogens (tertiary/aromatic N) is 5. The van der Waals surface area contributed by atoms with E-state index < -0.39 is 23.2 Å². The number of benzene rings is 2. The molecular weight excluding hydrogens is 466 g/mol. The quantitative estimate of drug-likeness (QED) is 0.399. The van der Waals surface area contributed by atoms with Gasteiger partial charge in [0.1, 0.15) is 34.9 Å². The summed E-state index contributed by atoms with van der Waals surface area (Å²) in [5.74, 6) is -1.94. The predicted octanol–water partition coefficient (Wildman–Crippen LogP) is 3.62. The SMILES string of the molecule is Cc1c(F)cc(F)cc1-n1c(C(C)Nc2nc(N)nc(N)c2C#N)nc2cccc(Cl)c2c1=O. The van der Waals surface area contributed by atoms with Crippen LogP contribution in [0.1, 0.15) is 29.9 Å². The van der Waals surface area contributed by atoms with Gasteiger partial charge < -0.3 is 16.8 Å². The molecule has 0 aliphatic carbocycles. The van der Waals surface area contributed by atoms with Crippen LogP contribution in [0.5, 0.6) is 0 Å². The summed E-state index contributed by atoms with van der Waals surface area (Å²) in [4.78, 5) is 25.9. The molecular formula is C22H17ClF2N8O. The van der Waals surface area contributed by atoms with Gasteiger partial charge in [0, 0.05) is 11.6 Å². The van der Waals surface area contributed by atoms with E-state index in [9.17, 15) is 18.8 Å². The van der Waals surface area contributed by atoms with Gasteiger partial charge in [-0.1, -0.05) is 17.7 Å². The van der Waals surface area contributed by atoms with E-state index >= 15 is 0 Å². The average molecular weight is 483 g/mol. The monoisotopic (exact) mass is 482 g/mol. The summed E-state index contributed by atoms with van der Waals surface area (Å²) in [6.45, 7) is 3.03. The van der Waals surface area contributed by atoms with E-state index in [1.807, 2.05) is 6.07 Å². The largest absolute Gasteiger partial charge is 0.382 e. The highest BCUT2D eigenvalue weighted by Gasteiger charge is 2.23. The Hall–Kier alpha value is -4.30. The Morgan fingerprint density at radius 2 is 1.94 bits per heavy atom. The van der Waals surface area contributed by atoms with Crippen LogP contribution < -0.4 is 22.3 Å². The van der Waals surface area contributed by atoms with E-state index in [1.165, 1.54) is 13.0 Å². The molecule has 2 aromatic carbocycles. The second-order valence-corrected chi connectivity index (χ2v) is 7.85. The summed E-state index contributed by atoms with van der Waals surface area (Å²) in [5, 5.41) is 12.6. The highest BCUT2D eigenvalue weighted by molar-refractivity contribution is 6.35. The third-order valence-corrected chi connectivity index (χ3v) is 5.52. The number of halogens is 3. The zero-order chi connectivity index (χ0) is 24.7. The Bertz CT molecular complexity index is 1560. The van der Waals surface area contributed by atoms with Crippen molar-refractivity contribution in [2.45, 2.75) is 19.9 Å². The molecule has 34 heavy (non-hydrogen) atoms. The number of aromatic nitrogens is 4. The minimum Gasteiger partial charge on any atom is -0.382 e. The lowest BCUT2D eigenvalue weighted by atomic mass is 10.1. The van der Waals surface area contributed by atoms with Gasteiger partial charge in [0.15, 0.2) is 5.82 Å². The molecule has 172 valence electrons. The molecule has 0 saturated heterocycles. The van der Waals surface area contributed by atoms with Crippen LogP contribution >= 0.6 is 11.6 Å². The van der Waals surface area contributed by atoms with Gasteiger partial charge in [0.25, 0.3) is 5.56 Å². The normalized spacial score (nSPS) is 11.9. The number of nitriles is 1. The van der Waals surface area contributed by atoms with Crippen LogP contribution in [-0.2, 0) is 0 Å². The Labute approximate surface area is 196 Å². The van der Waals surface area contributed by atoms with Crippen molar-refractivity contribution >= 4 is 40.1 Å². The summed E-state index contributed by atoms with van der Waals surface area (Å²) < 4.78 is 29.7. The number of rotatable bonds is 4. The standard InChI is InChI=1S/C22H17ClF2N8O/c1-9-14(25)6-11(24)7-16(9)33-20(30-15-5-3-4-13(23)17(15)21(33)34)10(2)29-19-12(8-26)18(27)31-22(28)32-19/h3-7,10H,1-2H3,(H5,27,28,29,31,32). The summed E-state index contributed by atoms with van der Waals surface area (Å²) in [6, 6.07) is 7.55. The number of nitrogen functional groups attached to an aromatic ring is 2. The lowest BCUT2D eigenvalue weighted by molar-refractivity contribution is 0.573. The van der Waals surface area contributed by atoms with Crippen LogP contribution in [0.4, 0.5) is 26.4 Å². The Kier molecular flexibility index (Phi) is 5.76. The second kappa shape index (κ2) is 8.57. The average Bonchev–Trinajstić information content (AvgIpc) is 2.76. The first-order valence-electron chi connectivity index (χ1n) is 9.89. The van der Waals surface area contributed by atoms with Crippen LogP contribution in [0, 0.1) is 29.9 Å². The molecule has 0 bridgehead atoms. The number of nitrogens with one attached hydrogen (secondary N) is 1. The van der Waals surface area contributed by atoms with Crippen molar-refractivity contribution < 1.29 is 8.78 Å². The Morgan fingerprint density at radius 1 is 1.21 bits per heavy atom. The van der Waals surface area contributed by atoms with E-state index in [-0.39, 0.29) is 56.1 Å². The van der Waals surface area contributed by atoms with E-state index in [4.69, 9.17) is 23.1 Å². The third kappa shape index (κ3) is 3.84. The van der Waals surface area contributed by atoms with Crippen molar-refractivity contribution in [2.24, 2.45) is 0 Å². The topological polar surface area (TPSA) is 149 Å². The lowest BCUT2D eigenvalue weighted by Crippen LogP contribution is -2.28. The summed E-state index contributed by atoms with van der Waals surface area (Å²) in [6.07, 6.45) is 0. The number of hydrogen-bond acceptors (Lipinski definition) is 8. The Morgan fingerprint density at radius 3 is 2.65 bits per heavy atom. The van der Waals surface area contributed by atoms with Gasteiger partial charge in [-0.3, -0.25) is 9.36 Å². The fraction of sp³-hybridized carbons (Fsp3) is 0.136. The first kappa shape index (κ1) is 22.9. The molecule has 0 amide bonds. The van der Waals surface area contributed by atoms with Gasteiger partial charge in [-0.25, -0.2) is 13.8 Å². The van der Waals surface area contributed by atoms with E-state index in [1.54, 1.807) is 19.1 Å². The number of nitrogens with two attached hydrogens (primary N) is 2. The van der Waals surface area contributed by atoms with Gasteiger partial charge in [-0.2, -0.15) is 15.2 Å². The molecule has 1 unspecified atom stereocenters. The van der Waals surface area contributed by atoms with E-state index in [2.05, 4.69) is 20.3 Å². The molecule has 12 heteroatoms. The van der Waals surface area contributed by atoms with Crippen molar-refractivity contribution in [1.29, 1.82) is 5.26 Å². The van der Waals surface area contributed by atoms with Gasteiger partial charge in [-0.15, -0.1) is 0 Å². The zero-order valence-corrected chi connectivity index (χ0v) is 18.7. The minimum absolute atomic E-state index is 0.00846. The highest BCUT2D eigenvalue weighted by atomic mass is 35.5. The maximum Gasteiger partial charge on any atom is 0.267 e. The molecule has 0 radical (unpaired) electrons. The smallest absolute Gasteiger partial charge is 0.267 e. The molecule has 0 spiro atoms. The van der Waals surface area contributed by atoms with Crippen LogP contribution in [-0.4, -0.2) is 19.5 Å². The van der Waals surface area contributed by atoms with Gasteiger partial charge in [0.2, 0.25) is 5.95 Å². The van der Waals surface area contributed by atoms with Crippen molar-refractivity contribution in [2.75, 3.05) is 16.8 Å². The van der Waals surface area contributed by atoms with Crippen LogP contribution in [0.2, 0.25) is 5.02 Å². The van der Waals surface area contributed by atoms with Gasteiger partial charge >= 0.3 is 0 Å². The molecule has 4 rings (SSSR count). The van der Waals surface area contributed by atoms with Crippen LogP contribution in [0.3, 0.4) is 0 Å². The fourth-order valence-electron chi connectivity index (χ4n) is 3.57. The molecule has 9 nitrogen and oxygen atoms in total. The van der Waals surface area contributed by atoms with Crippen LogP contribution in [0.15, 0.2) is 35.1 Å². The molecule has 2 heterocycles. The van der Waals surface area contributed by atoms with E-state index in [0.717, 1.165) is 16.7 Å². The minimum atomic E-state index is -0.876. The van der Waals surface area contributed by atoms with Crippen molar-refractivity contribution in [3.05, 3.63) is 74.3 Å². The van der Waals surface area contributed by atoms with Gasteiger partial charge in [0.05, 0.1) is 27.7 Å². The number of hydrogen-bond donors (Lipinski definition) is 3. The summed E-state index contributed by atoms with van der Waals surface area (Å²) >= 11 is 6.26. The molecule has 0 aliphatic heterocycles. The van der Waals surface area contributed by atoms with Gasteiger partial charge in [-0.05, 0) is 32.0 Å². The first-order valence-corrected chi connectivity index (χ1v) is 10.3. The molecule has 0 saturated carbocycles. The highest BCUT2D eigenvalue weighted by Crippen LogP contribution is 2.28. The number of fused-ring (bicyclic) bond motifs is 1. The Balaban J connectivity index is 2.01. The number of anilines is 3. The summed E-state index contributed by atoms with van der Waals surface area (Å²) in [5.41, 5.74) is 11.0. The zero-order valence-electron chi connectivity index (χ0n) is 17.9. The third-order valence-electron chi connectivity index (χ3n) is 5.20. The molecule has 4 aromatic rings. The van der Waals surface area contributed by atoms with Crippen molar-refractivity contribution in [3.8, 4) is 11.8 Å². The van der Waals surface area contributed by atoms with E-state index in [0.29, 0.717) is 0 Å². The maximum atomic E-state index is 14.4. The molecule has 2 aromatic heterocycles. The maximum absolute atomic E-state index is 14.4. The van der Waals surface area contributed by atoms with Crippen LogP contribution in [0.25, 0.3) is 16.6 Å². The summed E-state index contributed by atoms with van der Waals surface area (Å²) in [7, 11) is 0. The predicted molar refractivity (Wildman–Crippen MR) is 125 cm³/mol. The lowest BCUT2D eigenvalue weighted by Gasteiger charge is -2.22. The first-order chi connectivity index (χ1) is 16.1. The fourth-order valence-corrected chi connectivity index (χ4v) is 3.83. The molecule has 1 atom stereocenters. The second-order valence-electron chi connectivity index (χ2n) is 7.44. The molecule has 0 aliphatic rings. The van der Waals surface area contributed by atoms with Crippen molar-refractivity contribution in [1.82, 2.24) is 19.5 Å². The van der Waals surface area contributed by atoms with Crippen molar-refractivity contribution in [3.63, 3.8) is 0 Å². The molecule has 0 fully saturated rings.